The van der Waals surface area contributed by atoms with E-state index in [1.165, 1.54) is 42.4 Å². The summed E-state index contributed by atoms with van der Waals surface area (Å²) < 4.78 is 0. The number of thiophene rings is 1. The first-order valence-electron chi connectivity index (χ1n) is 10.0. The summed E-state index contributed by atoms with van der Waals surface area (Å²) in [7, 11) is 0. The van der Waals surface area contributed by atoms with Crippen LogP contribution in [-0.2, 0) is 10.5 Å². The van der Waals surface area contributed by atoms with E-state index in [0.717, 1.165) is 22.4 Å². The Hall–Kier alpha value is -2.12. The van der Waals surface area contributed by atoms with E-state index in [9.17, 15) is 9.59 Å². The molecule has 2 aromatic heterocycles. The Morgan fingerprint density at radius 2 is 2.07 bits per heavy atom. The maximum atomic E-state index is 12.7. The number of nitrogens with one attached hydrogen (secondary N) is 2. The van der Waals surface area contributed by atoms with Crippen LogP contribution in [0.2, 0.25) is 0 Å². The molecular weight excluding hydrogens is 402 g/mol. The quantitative estimate of drug-likeness (QED) is 0.604. The number of hydrogen-bond acceptors (Lipinski definition) is 5. The van der Waals surface area contributed by atoms with E-state index in [1.54, 1.807) is 0 Å². The highest BCUT2D eigenvalue weighted by atomic mass is 32.2. The van der Waals surface area contributed by atoms with Gasteiger partial charge in [0.25, 0.3) is 5.56 Å². The molecule has 0 unspecified atom stereocenters. The average molecular weight is 428 g/mol. The van der Waals surface area contributed by atoms with Crippen molar-refractivity contribution < 1.29 is 4.79 Å². The van der Waals surface area contributed by atoms with Gasteiger partial charge in [-0.1, -0.05) is 50.1 Å². The molecule has 7 heteroatoms. The number of H-pyrrole nitrogens is 1. The molecule has 0 saturated heterocycles. The molecule has 1 saturated carbocycles. The lowest BCUT2D eigenvalue weighted by Crippen LogP contribution is -2.41. The number of aromatic nitrogens is 2. The second kappa shape index (κ2) is 9.13. The Bertz CT molecular complexity index is 1050. The van der Waals surface area contributed by atoms with Gasteiger partial charge in [-0.05, 0) is 24.3 Å². The normalized spacial score (nSPS) is 19.3. The van der Waals surface area contributed by atoms with Crippen LogP contribution < -0.4 is 10.9 Å². The van der Waals surface area contributed by atoms with Crippen molar-refractivity contribution in [2.75, 3.05) is 5.75 Å². The zero-order valence-corrected chi connectivity index (χ0v) is 18.1. The second-order valence-corrected chi connectivity index (χ2v) is 9.48. The molecule has 2 atom stereocenters. The number of hydrogen-bond donors (Lipinski definition) is 2. The van der Waals surface area contributed by atoms with Gasteiger partial charge < -0.3 is 10.3 Å². The molecule has 1 aromatic carbocycles. The molecule has 4 rings (SSSR count). The Balaban J connectivity index is 1.39. The lowest BCUT2D eigenvalue weighted by Gasteiger charge is -2.29. The summed E-state index contributed by atoms with van der Waals surface area (Å²) in [6.07, 6.45) is 4.72. The van der Waals surface area contributed by atoms with Crippen molar-refractivity contribution in [3.05, 3.63) is 51.9 Å². The van der Waals surface area contributed by atoms with Crippen LogP contribution in [0.1, 0.15) is 38.4 Å². The van der Waals surface area contributed by atoms with Crippen LogP contribution in [-0.4, -0.2) is 27.7 Å². The van der Waals surface area contributed by atoms with Crippen molar-refractivity contribution in [3.63, 3.8) is 0 Å². The van der Waals surface area contributed by atoms with E-state index in [-0.39, 0.29) is 11.5 Å². The predicted octanol–water partition coefficient (Wildman–Crippen LogP) is 4.58. The third-order valence-electron chi connectivity index (χ3n) is 5.51. The van der Waals surface area contributed by atoms with Crippen LogP contribution in [0.3, 0.4) is 0 Å². The van der Waals surface area contributed by atoms with Gasteiger partial charge in [0.15, 0.2) is 0 Å². The fraction of sp³-hybridized carbons (Fsp3) is 0.409. The second-order valence-electron chi connectivity index (χ2n) is 7.64. The summed E-state index contributed by atoms with van der Waals surface area (Å²) in [4.78, 5) is 33.2. The van der Waals surface area contributed by atoms with E-state index < -0.39 is 0 Å². The monoisotopic (exact) mass is 427 g/mol. The van der Waals surface area contributed by atoms with Gasteiger partial charge in [-0.15, -0.1) is 23.1 Å². The fourth-order valence-electron chi connectivity index (χ4n) is 3.91. The Kier molecular flexibility index (Phi) is 6.35. The number of benzene rings is 1. The largest absolute Gasteiger partial charge is 0.352 e. The summed E-state index contributed by atoms with van der Waals surface area (Å²) >= 11 is 2.97. The summed E-state index contributed by atoms with van der Waals surface area (Å²) in [6, 6.07) is 10.2. The average Bonchev–Trinajstić information content (AvgIpc) is 3.15. The van der Waals surface area contributed by atoms with Crippen molar-refractivity contribution in [2.45, 2.75) is 44.4 Å². The highest BCUT2D eigenvalue weighted by Crippen LogP contribution is 2.30. The van der Waals surface area contributed by atoms with Gasteiger partial charge in [-0.25, -0.2) is 4.98 Å². The van der Waals surface area contributed by atoms with Crippen LogP contribution in [0.4, 0.5) is 0 Å². The molecule has 3 aromatic rings. The lowest BCUT2D eigenvalue weighted by atomic mass is 9.86. The molecule has 1 aliphatic carbocycles. The van der Waals surface area contributed by atoms with E-state index >= 15 is 0 Å². The first-order chi connectivity index (χ1) is 14.1. The number of nitrogens with zero attached hydrogens (tertiary/aromatic N) is 1. The number of rotatable bonds is 6. The molecule has 2 heterocycles. The minimum atomic E-state index is -0.119. The molecule has 1 aliphatic rings. The maximum absolute atomic E-state index is 12.7. The topological polar surface area (TPSA) is 74.8 Å². The predicted molar refractivity (Wildman–Crippen MR) is 121 cm³/mol. The summed E-state index contributed by atoms with van der Waals surface area (Å²) in [5, 5.41) is 5.79. The number of fused-ring (bicyclic) bond motifs is 1. The number of carbonyl (C=O) groups is 1. The van der Waals surface area contributed by atoms with Crippen molar-refractivity contribution in [3.8, 4) is 11.1 Å². The lowest BCUT2D eigenvalue weighted by molar-refractivity contribution is -0.119. The molecule has 0 radical (unpaired) electrons. The zero-order chi connectivity index (χ0) is 20.2. The van der Waals surface area contributed by atoms with Gasteiger partial charge in [0.1, 0.15) is 10.7 Å². The SMILES string of the molecule is C[C@H]1CCCC[C@H]1NC(=O)CSCc1nc2scc(-c3ccccc3)c2c(=O)[nH]1. The molecule has 0 spiro atoms. The van der Waals surface area contributed by atoms with Gasteiger partial charge in [-0.2, -0.15) is 0 Å². The molecular formula is C22H25N3O2S2. The van der Waals surface area contributed by atoms with Gasteiger partial charge in [-0.3, -0.25) is 9.59 Å². The Labute approximate surface area is 178 Å². The summed E-state index contributed by atoms with van der Waals surface area (Å²) in [5.74, 6) is 2.13. The van der Waals surface area contributed by atoms with Gasteiger partial charge in [0, 0.05) is 17.0 Å². The number of thioether (sulfide) groups is 1. The fourth-order valence-corrected chi connectivity index (χ4v) is 5.58. The summed E-state index contributed by atoms with van der Waals surface area (Å²) in [6.45, 7) is 2.21. The first-order valence-corrected chi connectivity index (χ1v) is 12.1. The van der Waals surface area contributed by atoms with Crippen LogP contribution in [0.15, 0.2) is 40.5 Å². The first kappa shape index (κ1) is 20.2. The van der Waals surface area contributed by atoms with Crippen LogP contribution in [0.5, 0.6) is 0 Å². The molecule has 0 bridgehead atoms. The van der Waals surface area contributed by atoms with E-state index in [4.69, 9.17) is 0 Å². The Morgan fingerprint density at radius 1 is 1.28 bits per heavy atom. The molecule has 5 nitrogen and oxygen atoms in total. The third-order valence-corrected chi connectivity index (χ3v) is 7.32. The molecule has 152 valence electrons. The molecule has 29 heavy (non-hydrogen) atoms. The number of amides is 1. The van der Waals surface area contributed by atoms with Crippen molar-refractivity contribution >= 4 is 39.2 Å². The van der Waals surface area contributed by atoms with Gasteiger partial charge in [0.2, 0.25) is 5.91 Å². The van der Waals surface area contributed by atoms with Gasteiger partial charge >= 0.3 is 0 Å². The number of aromatic amines is 1. The van der Waals surface area contributed by atoms with Crippen molar-refractivity contribution in [1.29, 1.82) is 0 Å². The number of carbonyl (C=O) groups excluding carboxylic acids is 1. The smallest absolute Gasteiger partial charge is 0.260 e. The third kappa shape index (κ3) is 4.73. The van der Waals surface area contributed by atoms with Crippen LogP contribution in [0, 0.1) is 5.92 Å². The standard InChI is InChI=1S/C22H25N3O2S2/c1-14-7-5-6-10-17(14)23-19(26)13-28-12-18-24-21(27)20-16(11-29-22(20)25-18)15-8-3-2-4-9-15/h2-4,8-9,11,14,17H,5-7,10,12-13H2,1H3,(H,23,26)(H,24,25,27)/t14-,17+/m0/s1. The van der Waals surface area contributed by atoms with Crippen LogP contribution >= 0.6 is 23.1 Å². The van der Waals surface area contributed by atoms with E-state index in [1.807, 2.05) is 35.7 Å². The Morgan fingerprint density at radius 3 is 2.86 bits per heavy atom. The van der Waals surface area contributed by atoms with Gasteiger partial charge in [0.05, 0.1) is 16.9 Å². The van der Waals surface area contributed by atoms with Crippen molar-refractivity contribution in [2.24, 2.45) is 5.92 Å². The summed E-state index contributed by atoms with van der Waals surface area (Å²) in [5.41, 5.74) is 1.81. The highest BCUT2D eigenvalue weighted by Gasteiger charge is 2.22. The molecule has 0 aliphatic heterocycles. The highest BCUT2D eigenvalue weighted by molar-refractivity contribution is 7.99. The minimum Gasteiger partial charge on any atom is -0.352 e. The molecule has 1 amide bonds. The molecule has 2 N–H and O–H groups in total. The van der Waals surface area contributed by atoms with Crippen molar-refractivity contribution in [1.82, 2.24) is 15.3 Å². The maximum Gasteiger partial charge on any atom is 0.260 e. The zero-order valence-electron chi connectivity index (χ0n) is 16.4. The minimum absolute atomic E-state index is 0.0691. The molecule has 1 fully saturated rings. The van der Waals surface area contributed by atoms with E-state index in [2.05, 4.69) is 22.2 Å². The van der Waals surface area contributed by atoms with Crippen LogP contribution in [0.25, 0.3) is 21.3 Å². The van der Waals surface area contributed by atoms with E-state index in [0.29, 0.717) is 34.7 Å².